The van der Waals surface area contributed by atoms with Gasteiger partial charge in [-0.15, -0.1) is 11.8 Å². The first-order valence-corrected chi connectivity index (χ1v) is 7.37. The first-order valence-electron chi connectivity index (χ1n) is 6.38. The van der Waals surface area contributed by atoms with Gasteiger partial charge in [-0.2, -0.15) is 5.10 Å². The molecule has 2 heterocycles. The summed E-state index contributed by atoms with van der Waals surface area (Å²) in [6, 6.07) is 12.0. The maximum Gasteiger partial charge on any atom is 0.0977 e. The molecule has 20 heavy (non-hydrogen) atoms. The maximum absolute atomic E-state index is 4.46. The summed E-state index contributed by atoms with van der Waals surface area (Å²) in [5, 5.41) is 5.34. The molecule has 100 valence electrons. The highest BCUT2D eigenvalue weighted by molar-refractivity contribution is 8.14. The number of nitrogens with zero attached hydrogens (tertiary/aromatic N) is 3. The van der Waals surface area contributed by atoms with Gasteiger partial charge in [0, 0.05) is 30.3 Å². The van der Waals surface area contributed by atoms with Crippen LogP contribution in [-0.2, 0) is 0 Å². The molecular weight excluding hydrogens is 268 g/mol. The third kappa shape index (κ3) is 3.24. The fourth-order valence-corrected chi connectivity index (χ4v) is 2.69. The summed E-state index contributed by atoms with van der Waals surface area (Å²) < 4.78 is 0. The molecule has 1 aromatic heterocycles. The fraction of sp³-hybridized carbons (Fsp3) is 0.133. The van der Waals surface area contributed by atoms with Crippen molar-refractivity contribution in [2.24, 2.45) is 10.1 Å². The van der Waals surface area contributed by atoms with Crippen molar-refractivity contribution in [1.82, 2.24) is 4.98 Å². The predicted molar refractivity (Wildman–Crippen MR) is 85.8 cm³/mol. The molecule has 4 nitrogen and oxygen atoms in total. The number of rotatable bonds is 4. The second kappa shape index (κ2) is 6.34. The van der Waals surface area contributed by atoms with Crippen LogP contribution >= 0.6 is 11.8 Å². The predicted octanol–water partition coefficient (Wildman–Crippen LogP) is 3.02. The molecule has 0 saturated heterocycles. The number of hydrazone groups is 1. The SMILES string of the molecule is C(=NNc1ccc(C2=NCCS2)cc1)c1ccncc1. The smallest absolute Gasteiger partial charge is 0.0977 e. The lowest BCUT2D eigenvalue weighted by molar-refractivity contribution is 1.17. The Labute approximate surface area is 122 Å². The number of hydrogen-bond acceptors (Lipinski definition) is 5. The summed E-state index contributed by atoms with van der Waals surface area (Å²) in [6.45, 7) is 0.927. The molecular formula is C15H14N4S. The molecule has 3 rings (SSSR count). The van der Waals surface area contributed by atoms with Gasteiger partial charge in [0.05, 0.1) is 16.9 Å². The van der Waals surface area contributed by atoms with Crippen molar-refractivity contribution >= 4 is 28.7 Å². The molecule has 2 aromatic rings. The van der Waals surface area contributed by atoms with Crippen molar-refractivity contribution in [2.45, 2.75) is 0 Å². The molecule has 0 fully saturated rings. The Kier molecular flexibility index (Phi) is 4.08. The summed E-state index contributed by atoms with van der Waals surface area (Å²) >= 11 is 1.81. The number of thioether (sulfide) groups is 1. The lowest BCUT2D eigenvalue weighted by Gasteiger charge is -2.03. The van der Waals surface area contributed by atoms with E-state index in [-0.39, 0.29) is 0 Å². The van der Waals surface area contributed by atoms with E-state index in [9.17, 15) is 0 Å². The Morgan fingerprint density at radius 1 is 1.10 bits per heavy atom. The van der Waals surface area contributed by atoms with Gasteiger partial charge in [0.2, 0.25) is 0 Å². The Balaban J connectivity index is 1.62. The van der Waals surface area contributed by atoms with Crippen molar-refractivity contribution in [1.29, 1.82) is 0 Å². The molecule has 1 aromatic carbocycles. The molecule has 0 atom stereocenters. The van der Waals surface area contributed by atoms with Gasteiger partial charge >= 0.3 is 0 Å². The van der Waals surface area contributed by atoms with Crippen LogP contribution < -0.4 is 5.43 Å². The molecule has 1 N–H and O–H groups in total. The Morgan fingerprint density at radius 3 is 2.60 bits per heavy atom. The van der Waals surface area contributed by atoms with Crippen LogP contribution in [0.2, 0.25) is 0 Å². The van der Waals surface area contributed by atoms with E-state index < -0.39 is 0 Å². The van der Waals surface area contributed by atoms with Crippen LogP contribution in [0.5, 0.6) is 0 Å². The van der Waals surface area contributed by atoms with Gasteiger partial charge in [-0.1, -0.05) is 12.1 Å². The molecule has 0 bridgehead atoms. The molecule has 0 radical (unpaired) electrons. The quantitative estimate of drug-likeness (QED) is 0.692. The van der Waals surface area contributed by atoms with Crippen LogP contribution in [-0.4, -0.2) is 28.5 Å². The topological polar surface area (TPSA) is 49.6 Å². The molecule has 0 unspecified atom stereocenters. The van der Waals surface area contributed by atoms with Crippen LogP contribution in [0.25, 0.3) is 0 Å². The lowest BCUT2D eigenvalue weighted by Crippen LogP contribution is -1.94. The zero-order valence-electron chi connectivity index (χ0n) is 10.9. The first kappa shape index (κ1) is 12.9. The van der Waals surface area contributed by atoms with Gasteiger partial charge in [-0.05, 0) is 29.8 Å². The van der Waals surface area contributed by atoms with Crippen molar-refractivity contribution in [2.75, 3.05) is 17.7 Å². The summed E-state index contributed by atoms with van der Waals surface area (Å²) in [4.78, 5) is 8.42. The minimum Gasteiger partial charge on any atom is -0.279 e. The van der Waals surface area contributed by atoms with Gasteiger partial charge in [0.1, 0.15) is 0 Å². The zero-order chi connectivity index (χ0) is 13.6. The number of hydrogen-bond donors (Lipinski definition) is 1. The van der Waals surface area contributed by atoms with Crippen molar-refractivity contribution in [3.63, 3.8) is 0 Å². The average Bonchev–Trinajstić information content (AvgIpc) is 3.03. The molecule has 1 aliphatic rings. The highest BCUT2D eigenvalue weighted by Crippen LogP contribution is 2.20. The minimum absolute atomic E-state index is 0.927. The molecule has 0 saturated carbocycles. The van der Waals surface area contributed by atoms with E-state index in [1.807, 2.05) is 36.0 Å². The van der Waals surface area contributed by atoms with E-state index in [1.165, 1.54) is 5.56 Å². The number of benzene rings is 1. The molecule has 1 aliphatic heterocycles. The normalized spacial score (nSPS) is 14.5. The Morgan fingerprint density at radius 2 is 1.90 bits per heavy atom. The summed E-state index contributed by atoms with van der Waals surface area (Å²) in [6.07, 6.45) is 5.26. The van der Waals surface area contributed by atoms with Crippen LogP contribution in [0, 0.1) is 0 Å². The summed E-state index contributed by atoms with van der Waals surface area (Å²) in [5.74, 6) is 1.09. The number of nitrogens with one attached hydrogen (secondary N) is 1. The monoisotopic (exact) mass is 282 g/mol. The Bertz CT molecular complexity index is 620. The third-order valence-corrected chi connectivity index (χ3v) is 3.86. The summed E-state index contributed by atoms with van der Waals surface area (Å²) in [7, 11) is 0. The number of pyridine rings is 1. The van der Waals surface area contributed by atoms with E-state index in [0.717, 1.165) is 28.6 Å². The second-order valence-corrected chi connectivity index (χ2v) is 5.35. The van der Waals surface area contributed by atoms with E-state index in [0.29, 0.717) is 0 Å². The van der Waals surface area contributed by atoms with Crippen molar-refractivity contribution in [3.8, 4) is 0 Å². The number of anilines is 1. The van der Waals surface area contributed by atoms with Gasteiger partial charge < -0.3 is 0 Å². The first-order chi connectivity index (χ1) is 9.92. The highest BCUT2D eigenvalue weighted by atomic mass is 32.2. The standard InChI is InChI=1S/C15H14N4S/c1-3-14(4-2-13(1)15-17-9-10-20-15)19-18-11-12-5-7-16-8-6-12/h1-8,11,19H,9-10H2. The second-order valence-electron chi connectivity index (χ2n) is 4.26. The minimum atomic E-state index is 0.927. The lowest BCUT2D eigenvalue weighted by atomic mass is 10.2. The van der Waals surface area contributed by atoms with Crippen LogP contribution in [0.15, 0.2) is 58.9 Å². The average molecular weight is 282 g/mol. The molecule has 0 spiro atoms. The molecule has 0 aliphatic carbocycles. The van der Waals surface area contributed by atoms with E-state index in [1.54, 1.807) is 18.6 Å². The van der Waals surface area contributed by atoms with Gasteiger partial charge in [-0.25, -0.2) is 0 Å². The zero-order valence-corrected chi connectivity index (χ0v) is 11.7. The Hall–Kier alpha value is -2.14. The van der Waals surface area contributed by atoms with Crippen LogP contribution in [0.1, 0.15) is 11.1 Å². The summed E-state index contributed by atoms with van der Waals surface area (Å²) in [5.41, 5.74) is 6.17. The van der Waals surface area contributed by atoms with Crippen LogP contribution in [0.4, 0.5) is 5.69 Å². The van der Waals surface area contributed by atoms with Gasteiger partial charge in [0.25, 0.3) is 0 Å². The van der Waals surface area contributed by atoms with Gasteiger partial charge in [-0.3, -0.25) is 15.4 Å². The third-order valence-electron chi connectivity index (χ3n) is 2.83. The van der Waals surface area contributed by atoms with E-state index in [4.69, 9.17) is 0 Å². The van der Waals surface area contributed by atoms with Gasteiger partial charge in [0.15, 0.2) is 0 Å². The largest absolute Gasteiger partial charge is 0.279 e. The van der Waals surface area contributed by atoms with Crippen molar-refractivity contribution in [3.05, 3.63) is 59.9 Å². The molecule has 5 heteroatoms. The highest BCUT2D eigenvalue weighted by Gasteiger charge is 2.08. The molecule has 0 amide bonds. The maximum atomic E-state index is 4.46. The number of aromatic nitrogens is 1. The van der Waals surface area contributed by atoms with Crippen molar-refractivity contribution < 1.29 is 0 Å². The van der Waals surface area contributed by atoms with E-state index >= 15 is 0 Å². The number of aliphatic imine (C=N–C) groups is 1. The van der Waals surface area contributed by atoms with Crippen LogP contribution in [0.3, 0.4) is 0 Å². The van der Waals surface area contributed by atoms with E-state index in [2.05, 4.69) is 32.6 Å². The fourth-order valence-electron chi connectivity index (χ4n) is 1.83.